The number of benzene rings is 2. The highest BCUT2D eigenvalue weighted by Gasteiger charge is 2.58. The van der Waals surface area contributed by atoms with E-state index in [-0.39, 0.29) is 24.8 Å². The first-order chi connectivity index (χ1) is 15.3. The Balaban J connectivity index is 1.73. The number of aliphatic hydroxyl groups is 1. The topological polar surface area (TPSA) is 77.9 Å². The molecule has 0 aromatic heterocycles. The van der Waals surface area contributed by atoms with Gasteiger partial charge in [0, 0.05) is 41.9 Å². The number of amides is 2. The second-order valence-corrected chi connectivity index (χ2v) is 8.46. The molecule has 9 heteroatoms. The summed E-state index contributed by atoms with van der Waals surface area (Å²) in [4.78, 5) is 40.4. The van der Waals surface area contributed by atoms with Crippen LogP contribution in [0.15, 0.2) is 54.6 Å². The zero-order valence-corrected chi connectivity index (χ0v) is 18.5. The molecule has 6 nitrogen and oxygen atoms in total. The third kappa shape index (κ3) is 4.78. The van der Waals surface area contributed by atoms with Gasteiger partial charge in [0.05, 0.1) is 0 Å². The fraction of sp³-hybridized carbons (Fsp3) is 0.375. The summed E-state index contributed by atoms with van der Waals surface area (Å²) in [5.74, 6) is -1.98. The molecule has 0 spiro atoms. The average molecular weight is 462 g/mol. The first kappa shape index (κ1) is 24.4. The van der Waals surface area contributed by atoms with Crippen LogP contribution in [0.4, 0.5) is 13.2 Å². The minimum Gasteiger partial charge on any atom is -0.373 e. The summed E-state index contributed by atoms with van der Waals surface area (Å²) >= 11 is 0. The van der Waals surface area contributed by atoms with Crippen molar-refractivity contribution >= 4 is 17.6 Å². The zero-order valence-electron chi connectivity index (χ0n) is 18.5. The van der Waals surface area contributed by atoms with Crippen molar-refractivity contribution in [1.82, 2.24) is 9.80 Å². The number of halogens is 3. The van der Waals surface area contributed by atoms with Crippen molar-refractivity contribution in [3.8, 4) is 0 Å². The SMILES string of the molecule is C[C@@H]1CN(C(=O)[C@@](C)(O)C(F)(F)F)[C@@H](C)CN1C(=O)c1ccc(C(=O)c2ccccc2)cc1. The van der Waals surface area contributed by atoms with E-state index in [1.165, 1.54) is 24.0 Å². The van der Waals surface area contributed by atoms with Gasteiger partial charge in [-0.3, -0.25) is 14.4 Å². The molecule has 1 N–H and O–H groups in total. The molecule has 0 unspecified atom stereocenters. The summed E-state index contributed by atoms with van der Waals surface area (Å²) < 4.78 is 39.3. The number of rotatable bonds is 4. The van der Waals surface area contributed by atoms with Crippen LogP contribution < -0.4 is 0 Å². The van der Waals surface area contributed by atoms with Gasteiger partial charge in [-0.1, -0.05) is 42.5 Å². The van der Waals surface area contributed by atoms with Crippen LogP contribution in [0.1, 0.15) is 47.1 Å². The Kier molecular flexibility index (Phi) is 6.65. The van der Waals surface area contributed by atoms with Crippen LogP contribution in [0.2, 0.25) is 0 Å². The summed E-state index contributed by atoms with van der Waals surface area (Å²) in [6.45, 7) is 3.44. The van der Waals surface area contributed by atoms with Crippen LogP contribution in [0.5, 0.6) is 0 Å². The maximum Gasteiger partial charge on any atom is 0.426 e. The molecule has 0 aliphatic carbocycles. The van der Waals surface area contributed by atoms with Crippen LogP contribution in [-0.2, 0) is 4.79 Å². The highest BCUT2D eigenvalue weighted by Crippen LogP contribution is 2.33. The van der Waals surface area contributed by atoms with Gasteiger partial charge in [-0.2, -0.15) is 13.2 Å². The summed E-state index contributed by atoms with van der Waals surface area (Å²) in [7, 11) is 0. The quantitative estimate of drug-likeness (QED) is 0.708. The molecular formula is C24H25F3N2O4. The summed E-state index contributed by atoms with van der Waals surface area (Å²) in [6, 6.07) is 13.6. The number of carbonyl (C=O) groups is 3. The number of alkyl halides is 3. The molecule has 2 aromatic rings. The molecule has 0 bridgehead atoms. The van der Waals surface area contributed by atoms with Crippen LogP contribution in [0.25, 0.3) is 0 Å². The Hall–Kier alpha value is -3.20. The standard InChI is InChI=1S/C24H25F3N2O4/c1-15-14-29(22(32)23(3,33)24(25,26)27)16(2)13-28(15)21(31)19-11-9-18(10-12-19)20(30)17-7-5-4-6-8-17/h4-12,15-16,33H,13-14H2,1-3H3/t15-,16+,23-/m1/s1. The third-order valence-electron chi connectivity index (χ3n) is 5.91. The van der Waals surface area contributed by atoms with Crippen molar-refractivity contribution in [3.05, 3.63) is 71.3 Å². The lowest BCUT2D eigenvalue weighted by Crippen LogP contribution is -2.65. The van der Waals surface area contributed by atoms with Crippen LogP contribution in [0, 0.1) is 0 Å². The maximum atomic E-state index is 13.1. The van der Waals surface area contributed by atoms with E-state index < -0.39 is 29.8 Å². The number of piperazine rings is 1. The molecule has 3 atom stereocenters. The summed E-state index contributed by atoms with van der Waals surface area (Å²) in [5, 5.41) is 9.76. The smallest absolute Gasteiger partial charge is 0.373 e. The molecule has 176 valence electrons. The number of ketones is 1. The summed E-state index contributed by atoms with van der Waals surface area (Å²) in [5.41, 5.74) is -2.24. The molecule has 0 saturated carbocycles. The van der Waals surface area contributed by atoms with Gasteiger partial charge < -0.3 is 14.9 Å². The van der Waals surface area contributed by atoms with Crippen LogP contribution in [-0.4, -0.2) is 69.5 Å². The lowest BCUT2D eigenvalue weighted by molar-refractivity contribution is -0.251. The predicted molar refractivity (Wildman–Crippen MR) is 115 cm³/mol. The van der Waals surface area contributed by atoms with Crippen molar-refractivity contribution in [2.75, 3.05) is 13.1 Å². The number of carbonyl (C=O) groups excluding carboxylic acids is 3. The van der Waals surface area contributed by atoms with Gasteiger partial charge in [0.2, 0.25) is 5.60 Å². The van der Waals surface area contributed by atoms with Crippen LogP contribution in [0.3, 0.4) is 0 Å². The molecule has 0 radical (unpaired) electrons. The molecule has 2 amide bonds. The van der Waals surface area contributed by atoms with E-state index in [4.69, 9.17) is 0 Å². The molecule has 1 heterocycles. The van der Waals surface area contributed by atoms with Gasteiger partial charge in [0.15, 0.2) is 5.78 Å². The monoisotopic (exact) mass is 462 g/mol. The van der Waals surface area contributed by atoms with E-state index in [1.54, 1.807) is 49.4 Å². The third-order valence-corrected chi connectivity index (χ3v) is 5.91. The van der Waals surface area contributed by atoms with E-state index >= 15 is 0 Å². The Labute approximate surface area is 189 Å². The van der Waals surface area contributed by atoms with Gasteiger partial charge in [0.1, 0.15) is 0 Å². The second-order valence-electron chi connectivity index (χ2n) is 8.46. The normalized spacial score (nSPS) is 20.8. The molecule has 1 saturated heterocycles. The van der Waals surface area contributed by atoms with Crippen molar-refractivity contribution in [3.63, 3.8) is 0 Å². The van der Waals surface area contributed by atoms with Gasteiger partial charge in [0.25, 0.3) is 11.8 Å². The van der Waals surface area contributed by atoms with E-state index in [0.717, 1.165) is 4.90 Å². The Bertz CT molecular complexity index is 1040. The van der Waals surface area contributed by atoms with E-state index in [0.29, 0.717) is 23.6 Å². The zero-order chi connectivity index (χ0) is 24.6. The van der Waals surface area contributed by atoms with E-state index in [9.17, 15) is 32.7 Å². The van der Waals surface area contributed by atoms with Crippen molar-refractivity contribution in [1.29, 1.82) is 0 Å². The minimum absolute atomic E-state index is 0.00434. The summed E-state index contributed by atoms with van der Waals surface area (Å²) in [6.07, 6.45) is -5.11. The minimum atomic E-state index is -5.11. The fourth-order valence-corrected chi connectivity index (χ4v) is 3.78. The average Bonchev–Trinajstić information content (AvgIpc) is 2.78. The molecule has 1 aliphatic rings. The largest absolute Gasteiger partial charge is 0.426 e. The van der Waals surface area contributed by atoms with E-state index in [1.807, 2.05) is 0 Å². The molecule has 33 heavy (non-hydrogen) atoms. The van der Waals surface area contributed by atoms with E-state index in [2.05, 4.69) is 0 Å². The van der Waals surface area contributed by atoms with Crippen molar-refractivity contribution < 1.29 is 32.7 Å². The number of hydrogen-bond donors (Lipinski definition) is 1. The Morgan fingerprint density at radius 3 is 1.82 bits per heavy atom. The Morgan fingerprint density at radius 1 is 0.818 bits per heavy atom. The highest BCUT2D eigenvalue weighted by atomic mass is 19.4. The van der Waals surface area contributed by atoms with Gasteiger partial charge in [-0.15, -0.1) is 0 Å². The lowest BCUT2D eigenvalue weighted by Gasteiger charge is -2.46. The molecule has 2 aromatic carbocycles. The number of hydrogen-bond acceptors (Lipinski definition) is 4. The Morgan fingerprint density at radius 2 is 1.27 bits per heavy atom. The molecule has 3 rings (SSSR count). The van der Waals surface area contributed by atoms with Crippen LogP contribution >= 0.6 is 0 Å². The van der Waals surface area contributed by atoms with Gasteiger partial charge >= 0.3 is 6.18 Å². The van der Waals surface area contributed by atoms with Crippen molar-refractivity contribution in [2.24, 2.45) is 0 Å². The molecule has 1 fully saturated rings. The maximum absolute atomic E-state index is 13.1. The van der Waals surface area contributed by atoms with Crippen molar-refractivity contribution in [2.45, 2.75) is 44.6 Å². The highest BCUT2D eigenvalue weighted by molar-refractivity contribution is 6.09. The van der Waals surface area contributed by atoms with Gasteiger partial charge in [-0.25, -0.2) is 0 Å². The molecule has 1 aliphatic heterocycles. The number of nitrogens with zero attached hydrogens (tertiary/aromatic N) is 2. The lowest BCUT2D eigenvalue weighted by atomic mass is 9.99. The first-order valence-corrected chi connectivity index (χ1v) is 10.5. The second kappa shape index (κ2) is 8.97. The predicted octanol–water partition coefficient (Wildman–Crippen LogP) is 3.29. The first-order valence-electron chi connectivity index (χ1n) is 10.5. The molecular weight excluding hydrogens is 437 g/mol. The van der Waals surface area contributed by atoms with Gasteiger partial charge in [-0.05, 0) is 32.9 Å². The fourth-order valence-electron chi connectivity index (χ4n) is 3.78.